The highest BCUT2D eigenvalue weighted by atomic mass is 14.9. The number of aromatic nitrogens is 4. The molecule has 0 saturated heterocycles. The van der Waals surface area contributed by atoms with E-state index in [-0.39, 0.29) is 0 Å². The van der Waals surface area contributed by atoms with E-state index in [0.29, 0.717) is 0 Å². The summed E-state index contributed by atoms with van der Waals surface area (Å²) in [5, 5.41) is 0. The summed E-state index contributed by atoms with van der Waals surface area (Å²) in [5.74, 6) is 0. The van der Waals surface area contributed by atoms with Gasteiger partial charge in [0.15, 0.2) is 24.8 Å². The van der Waals surface area contributed by atoms with E-state index < -0.39 is 0 Å². The SMILES string of the molecule is c1ccc(-[n+]2ccc(-c3ccc(-c4ccc(-c5cc[n+](-c6ccccc6)cc5)cn4)nc3)cc2)cc1. The fourth-order valence-electron chi connectivity index (χ4n) is 4.21. The molecule has 0 N–H and O–H groups in total. The van der Waals surface area contributed by atoms with Crippen LogP contribution in [0.15, 0.2) is 146 Å². The van der Waals surface area contributed by atoms with Crippen LogP contribution < -0.4 is 9.13 Å². The first kappa shape index (κ1) is 21.6. The normalized spacial score (nSPS) is 10.8. The summed E-state index contributed by atoms with van der Waals surface area (Å²) in [6, 6.07) is 37.3. The Bertz CT molecular complexity index is 1440. The van der Waals surface area contributed by atoms with Crippen LogP contribution in [0.4, 0.5) is 0 Å². The first-order valence-corrected chi connectivity index (χ1v) is 11.9. The van der Waals surface area contributed by atoms with Crippen LogP contribution in [-0.4, -0.2) is 9.97 Å². The van der Waals surface area contributed by atoms with Crippen molar-refractivity contribution in [3.63, 3.8) is 0 Å². The first-order chi connectivity index (χ1) is 17.8. The Morgan fingerprint density at radius 1 is 0.361 bits per heavy atom. The van der Waals surface area contributed by atoms with E-state index in [1.165, 1.54) is 0 Å². The Balaban J connectivity index is 1.17. The van der Waals surface area contributed by atoms with E-state index in [4.69, 9.17) is 0 Å². The Labute approximate surface area is 210 Å². The maximum Gasteiger partial charge on any atom is 0.210 e. The van der Waals surface area contributed by atoms with E-state index >= 15 is 0 Å². The number of rotatable bonds is 5. The van der Waals surface area contributed by atoms with Gasteiger partial charge in [0.1, 0.15) is 0 Å². The van der Waals surface area contributed by atoms with Crippen LogP contribution in [0.3, 0.4) is 0 Å². The monoisotopic (exact) mass is 464 g/mol. The Morgan fingerprint density at radius 2 is 0.750 bits per heavy atom. The molecular weight excluding hydrogens is 440 g/mol. The van der Waals surface area contributed by atoms with Crippen LogP contribution >= 0.6 is 0 Å². The van der Waals surface area contributed by atoms with E-state index in [9.17, 15) is 0 Å². The number of hydrogen-bond donors (Lipinski definition) is 0. The second-order valence-corrected chi connectivity index (χ2v) is 8.52. The molecular formula is C32H24N4+2. The average Bonchev–Trinajstić information content (AvgIpc) is 2.98. The highest BCUT2D eigenvalue weighted by molar-refractivity contribution is 5.67. The molecule has 0 unspecified atom stereocenters. The Morgan fingerprint density at radius 3 is 1.08 bits per heavy atom. The van der Waals surface area contributed by atoms with Crippen molar-refractivity contribution >= 4 is 0 Å². The number of para-hydroxylation sites is 2. The van der Waals surface area contributed by atoms with Crippen molar-refractivity contribution < 1.29 is 9.13 Å². The van der Waals surface area contributed by atoms with Crippen molar-refractivity contribution in [1.82, 2.24) is 9.97 Å². The van der Waals surface area contributed by atoms with Crippen molar-refractivity contribution in [3.05, 3.63) is 146 Å². The number of nitrogens with zero attached hydrogens (tertiary/aromatic N) is 4. The zero-order chi connectivity index (χ0) is 24.2. The van der Waals surface area contributed by atoms with Gasteiger partial charge in [0.2, 0.25) is 11.4 Å². The van der Waals surface area contributed by atoms with Gasteiger partial charge in [-0.3, -0.25) is 9.97 Å². The minimum absolute atomic E-state index is 0.857. The minimum atomic E-state index is 0.857. The second kappa shape index (κ2) is 9.72. The van der Waals surface area contributed by atoms with Crippen LogP contribution in [0.1, 0.15) is 0 Å². The Kier molecular flexibility index (Phi) is 5.83. The lowest BCUT2D eigenvalue weighted by molar-refractivity contribution is -0.595. The maximum atomic E-state index is 4.68. The van der Waals surface area contributed by atoms with Gasteiger partial charge in [-0.2, -0.15) is 9.13 Å². The van der Waals surface area contributed by atoms with Crippen molar-refractivity contribution in [2.75, 3.05) is 0 Å². The molecule has 0 aliphatic rings. The molecule has 170 valence electrons. The summed E-state index contributed by atoms with van der Waals surface area (Å²) in [5.41, 5.74) is 8.39. The van der Waals surface area contributed by atoms with Crippen LogP contribution in [0, 0.1) is 0 Å². The molecule has 4 heterocycles. The van der Waals surface area contributed by atoms with E-state index in [1.807, 2.05) is 60.9 Å². The molecule has 0 spiro atoms. The molecule has 0 amide bonds. The van der Waals surface area contributed by atoms with Gasteiger partial charge < -0.3 is 0 Å². The predicted octanol–water partition coefficient (Wildman–Crippen LogP) is 6.03. The molecule has 0 bridgehead atoms. The second-order valence-electron chi connectivity index (χ2n) is 8.52. The van der Waals surface area contributed by atoms with Gasteiger partial charge in [0.25, 0.3) is 0 Å². The molecule has 4 nitrogen and oxygen atoms in total. The Hall–Kier alpha value is -4.96. The van der Waals surface area contributed by atoms with Gasteiger partial charge in [0, 0.05) is 72.1 Å². The van der Waals surface area contributed by atoms with Crippen LogP contribution in [0.2, 0.25) is 0 Å². The fraction of sp³-hybridized carbons (Fsp3) is 0. The third-order valence-electron chi connectivity index (χ3n) is 6.22. The number of benzene rings is 2. The summed E-state index contributed by atoms with van der Waals surface area (Å²) < 4.78 is 4.20. The van der Waals surface area contributed by atoms with Crippen LogP contribution in [-0.2, 0) is 0 Å². The average molecular weight is 465 g/mol. The van der Waals surface area contributed by atoms with Gasteiger partial charge >= 0.3 is 0 Å². The third-order valence-corrected chi connectivity index (χ3v) is 6.22. The van der Waals surface area contributed by atoms with Crippen molar-refractivity contribution in [1.29, 1.82) is 0 Å². The smallest absolute Gasteiger partial charge is 0.210 e. The zero-order valence-corrected chi connectivity index (χ0v) is 19.6. The first-order valence-electron chi connectivity index (χ1n) is 11.9. The zero-order valence-electron chi connectivity index (χ0n) is 19.6. The van der Waals surface area contributed by atoms with E-state index in [1.54, 1.807) is 0 Å². The quantitative estimate of drug-likeness (QED) is 0.292. The molecule has 0 radical (unpaired) electrons. The maximum absolute atomic E-state index is 4.68. The fourth-order valence-corrected chi connectivity index (χ4v) is 4.21. The van der Waals surface area contributed by atoms with Crippen LogP contribution in [0.5, 0.6) is 0 Å². The van der Waals surface area contributed by atoms with E-state index in [2.05, 4.69) is 105 Å². The molecule has 36 heavy (non-hydrogen) atoms. The van der Waals surface area contributed by atoms with Gasteiger partial charge in [-0.15, -0.1) is 0 Å². The minimum Gasteiger partial charge on any atom is -0.254 e. The summed E-state index contributed by atoms with van der Waals surface area (Å²) in [7, 11) is 0. The summed E-state index contributed by atoms with van der Waals surface area (Å²) in [6.07, 6.45) is 12.1. The highest BCUT2D eigenvalue weighted by Crippen LogP contribution is 2.23. The summed E-state index contributed by atoms with van der Waals surface area (Å²) >= 11 is 0. The lowest BCUT2D eigenvalue weighted by Gasteiger charge is -2.05. The van der Waals surface area contributed by atoms with E-state index in [0.717, 1.165) is 45.0 Å². The molecule has 0 atom stereocenters. The van der Waals surface area contributed by atoms with Crippen LogP contribution in [0.25, 0.3) is 45.0 Å². The molecule has 0 fully saturated rings. The predicted molar refractivity (Wildman–Crippen MR) is 141 cm³/mol. The van der Waals surface area contributed by atoms with Gasteiger partial charge in [-0.1, -0.05) is 48.5 Å². The van der Waals surface area contributed by atoms with Gasteiger partial charge in [-0.05, 0) is 23.3 Å². The third kappa shape index (κ3) is 4.52. The topological polar surface area (TPSA) is 33.5 Å². The van der Waals surface area contributed by atoms with Crippen molar-refractivity contribution in [3.8, 4) is 45.0 Å². The highest BCUT2D eigenvalue weighted by Gasteiger charge is 2.09. The molecule has 6 rings (SSSR count). The van der Waals surface area contributed by atoms with Crippen molar-refractivity contribution in [2.45, 2.75) is 0 Å². The molecule has 0 saturated carbocycles. The standard InChI is InChI=1S/C32H24N4/c1-3-7-29(8-4-1)35-19-15-25(16-20-35)27-11-13-31(33-23-27)32-14-12-28(24-34-32)26-17-21-36(22-18-26)30-9-5-2-6-10-30/h1-24H/q+2. The lowest BCUT2D eigenvalue weighted by atomic mass is 10.1. The molecule has 2 aromatic carbocycles. The molecule has 4 aromatic heterocycles. The molecule has 4 heteroatoms. The lowest BCUT2D eigenvalue weighted by Crippen LogP contribution is -2.28. The summed E-state index contributed by atoms with van der Waals surface area (Å²) in [4.78, 5) is 9.36. The molecule has 6 aromatic rings. The largest absolute Gasteiger partial charge is 0.254 e. The van der Waals surface area contributed by atoms with Gasteiger partial charge in [0.05, 0.1) is 11.4 Å². The van der Waals surface area contributed by atoms with Crippen molar-refractivity contribution in [2.24, 2.45) is 0 Å². The summed E-state index contributed by atoms with van der Waals surface area (Å²) in [6.45, 7) is 0. The number of pyridine rings is 4. The molecule has 0 aliphatic carbocycles. The molecule has 0 aliphatic heterocycles. The number of hydrogen-bond acceptors (Lipinski definition) is 2. The van der Waals surface area contributed by atoms with Gasteiger partial charge in [-0.25, -0.2) is 0 Å².